The topological polar surface area (TPSA) is 88.9 Å². The van der Waals surface area contributed by atoms with Crippen molar-refractivity contribution >= 4 is 7.82 Å². The fraction of sp³-hybridized carbons (Fsp3) is 0.800. The molecule has 2 fully saturated rings. The Bertz CT molecular complexity index is 836. The Kier molecular flexibility index (Phi) is 8.37. The molecule has 0 amide bonds. The van der Waals surface area contributed by atoms with Gasteiger partial charge in [0.25, 0.3) is 0 Å². The maximum absolute atomic E-state index is 15.0. The van der Waals surface area contributed by atoms with Crippen LogP contribution >= 0.6 is 7.82 Å². The first-order valence-corrected chi connectivity index (χ1v) is 12.4. The molecule has 11 heteroatoms. The van der Waals surface area contributed by atoms with E-state index in [4.69, 9.17) is 18.3 Å². The lowest BCUT2D eigenvalue weighted by Gasteiger charge is -2.31. The Morgan fingerprint density at radius 3 is 2.58 bits per heavy atom. The Balaban J connectivity index is 1.51. The monoisotopic (exact) mass is 464 g/mol. The summed E-state index contributed by atoms with van der Waals surface area (Å²) in [6, 6.07) is 1.43. The molecule has 31 heavy (non-hydrogen) atoms. The van der Waals surface area contributed by atoms with Crippen LogP contribution in [0.4, 0.5) is 8.78 Å². The van der Waals surface area contributed by atoms with Gasteiger partial charge in [-0.15, -0.1) is 0 Å². The van der Waals surface area contributed by atoms with Crippen molar-refractivity contribution in [2.75, 3.05) is 13.2 Å². The Labute approximate surface area is 180 Å². The molecule has 3 rings (SSSR count). The molecule has 0 saturated carbocycles. The summed E-state index contributed by atoms with van der Waals surface area (Å²) in [5.74, 6) is -3.62. The van der Waals surface area contributed by atoms with Crippen molar-refractivity contribution < 1.29 is 31.7 Å². The normalized spacial score (nSPS) is 29.7. The molecule has 2 aliphatic heterocycles. The van der Waals surface area contributed by atoms with Crippen LogP contribution in [0.2, 0.25) is 0 Å². The number of phosphoric ester groups is 1. The van der Waals surface area contributed by atoms with Crippen molar-refractivity contribution in [1.29, 1.82) is 0 Å². The summed E-state index contributed by atoms with van der Waals surface area (Å²) in [5, 5.41) is 0. The van der Waals surface area contributed by atoms with Crippen molar-refractivity contribution in [3.05, 3.63) is 28.4 Å². The van der Waals surface area contributed by atoms with E-state index in [1.165, 1.54) is 37.9 Å². The van der Waals surface area contributed by atoms with Crippen LogP contribution < -0.4 is 5.69 Å². The summed E-state index contributed by atoms with van der Waals surface area (Å²) in [6.45, 7) is 3.47. The second kappa shape index (κ2) is 10.6. The van der Waals surface area contributed by atoms with Gasteiger partial charge in [0.05, 0.1) is 13.2 Å². The minimum Gasteiger partial charge on any atom is -0.343 e. The molecule has 1 aromatic rings. The summed E-state index contributed by atoms with van der Waals surface area (Å²) in [7, 11) is -4.13. The number of unbranched alkanes of at least 4 members (excludes halogenated alkanes) is 7. The highest BCUT2D eigenvalue weighted by Gasteiger charge is 2.65. The van der Waals surface area contributed by atoms with Crippen molar-refractivity contribution in [2.45, 2.75) is 89.6 Å². The average molecular weight is 464 g/mol. The first-order chi connectivity index (χ1) is 14.8. The van der Waals surface area contributed by atoms with Gasteiger partial charge >= 0.3 is 19.4 Å². The van der Waals surface area contributed by atoms with Gasteiger partial charge in [0.2, 0.25) is 6.23 Å². The lowest BCUT2D eigenvalue weighted by Crippen LogP contribution is -2.45. The largest absolute Gasteiger partial charge is 0.475 e. The molecular weight excluding hydrogens is 433 g/mol. The van der Waals surface area contributed by atoms with E-state index < -0.39 is 37.9 Å². The van der Waals surface area contributed by atoms with Crippen LogP contribution in [0.5, 0.6) is 0 Å². The van der Waals surface area contributed by atoms with E-state index in [1.807, 2.05) is 0 Å². The Morgan fingerprint density at radius 1 is 1.23 bits per heavy atom. The van der Waals surface area contributed by atoms with Crippen LogP contribution in [0.25, 0.3) is 0 Å². The zero-order valence-electron chi connectivity index (χ0n) is 18.0. The van der Waals surface area contributed by atoms with E-state index >= 15 is 8.78 Å². The maximum atomic E-state index is 15.0. The van der Waals surface area contributed by atoms with Crippen molar-refractivity contribution in [1.82, 2.24) is 9.55 Å². The highest BCUT2D eigenvalue weighted by Crippen LogP contribution is 2.59. The molecule has 0 aromatic carbocycles. The number of hydrogen-bond acceptors (Lipinski definition) is 7. The van der Waals surface area contributed by atoms with Gasteiger partial charge in [0.1, 0.15) is 6.10 Å². The lowest BCUT2D eigenvalue weighted by molar-refractivity contribution is -0.138. The van der Waals surface area contributed by atoms with Gasteiger partial charge in [-0.3, -0.25) is 18.1 Å². The Hall–Kier alpha value is -1.19. The molecule has 2 aliphatic rings. The van der Waals surface area contributed by atoms with Crippen molar-refractivity contribution in [3.63, 3.8) is 0 Å². The third kappa shape index (κ3) is 5.99. The van der Waals surface area contributed by atoms with E-state index in [2.05, 4.69) is 11.9 Å². The van der Waals surface area contributed by atoms with Crippen LogP contribution in [0.15, 0.2) is 17.1 Å². The minimum atomic E-state index is -4.13. The molecule has 0 spiro atoms. The molecule has 2 saturated heterocycles. The molecule has 0 aliphatic carbocycles. The molecule has 0 bridgehead atoms. The zero-order valence-corrected chi connectivity index (χ0v) is 18.9. The molecule has 8 nitrogen and oxygen atoms in total. The van der Waals surface area contributed by atoms with E-state index in [0.717, 1.165) is 19.3 Å². The number of aromatic nitrogens is 2. The number of hydrogen-bond donors (Lipinski definition) is 0. The summed E-state index contributed by atoms with van der Waals surface area (Å²) in [4.78, 5) is 15.7. The molecule has 4 atom stereocenters. The number of aryl methyl sites for hydroxylation is 1. The van der Waals surface area contributed by atoms with E-state index in [-0.39, 0.29) is 13.2 Å². The first kappa shape index (κ1) is 24.5. The van der Waals surface area contributed by atoms with Gasteiger partial charge in [-0.05, 0) is 19.4 Å². The summed E-state index contributed by atoms with van der Waals surface area (Å²) >= 11 is 0. The zero-order chi connectivity index (χ0) is 22.5. The van der Waals surface area contributed by atoms with Crippen molar-refractivity contribution in [2.24, 2.45) is 0 Å². The van der Waals surface area contributed by atoms with Crippen molar-refractivity contribution in [3.8, 4) is 0 Å². The SMILES string of the molecule is CCCCCCCCCCOP1(=O)OC[C@H]2O[C@@H](n3ccc(C)nc3=O)C(F)(F)[C@@H]2O1. The third-order valence-corrected chi connectivity index (χ3v) is 6.91. The second-order valence-corrected chi connectivity index (χ2v) is 9.66. The standard InChI is InChI=1S/C20H31F2N2O6P/c1-3-4-5-6-7-8-9-10-13-27-31(26)28-14-16-17(30-31)20(21,22)18(29-16)24-12-11-15(2)23-19(24)25/h11-12,16-18H,3-10,13-14H2,1-2H3/t16-,17-,18-,31?/m1/s1. The predicted octanol–water partition coefficient (Wildman–Crippen LogP) is 4.77. The van der Waals surface area contributed by atoms with Crippen LogP contribution in [0, 0.1) is 6.92 Å². The van der Waals surface area contributed by atoms with Gasteiger partial charge < -0.3 is 4.74 Å². The molecule has 1 aromatic heterocycles. The number of ether oxygens (including phenoxy) is 1. The number of halogens is 2. The molecular formula is C20H31F2N2O6P. The van der Waals surface area contributed by atoms with Gasteiger partial charge in [-0.1, -0.05) is 51.9 Å². The summed E-state index contributed by atoms with van der Waals surface area (Å²) in [5.41, 5.74) is -0.461. The average Bonchev–Trinajstić information content (AvgIpc) is 2.97. The van der Waals surface area contributed by atoms with Gasteiger partial charge in [0.15, 0.2) is 6.10 Å². The number of fused-ring (bicyclic) bond motifs is 1. The molecule has 176 valence electrons. The number of phosphoric acid groups is 1. The molecule has 0 radical (unpaired) electrons. The highest BCUT2D eigenvalue weighted by molar-refractivity contribution is 7.48. The number of rotatable bonds is 11. The number of nitrogens with zero attached hydrogens (tertiary/aromatic N) is 2. The minimum absolute atomic E-state index is 0.0980. The summed E-state index contributed by atoms with van der Waals surface area (Å²) < 4.78 is 64.2. The molecule has 1 unspecified atom stereocenters. The van der Waals surface area contributed by atoms with Crippen LogP contribution in [0.1, 0.15) is 70.2 Å². The predicted molar refractivity (Wildman–Crippen MR) is 109 cm³/mol. The fourth-order valence-electron chi connectivity index (χ4n) is 3.72. The third-order valence-electron chi connectivity index (χ3n) is 5.46. The van der Waals surface area contributed by atoms with E-state index in [1.54, 1.807) is 6.92 Å². The quantitative estimate of drug-likeness (QED) is 0.344. The highest BCUT2D eigenvalue weighted by atomic mass is 31.2. The molecule has 0 N–H and O–H groups in total. The van der Waals surface area contributed by atoms with E-state index in [0.29, 0.717) is 16.7 Å². The Morgan fingerprint density at radius 2 is 1.90 bits per heavy atom. The van der Waals surface area contributed by atoms with Crippen LogP contribution in [-0.4, -0.2) is 40.9 Å². The van der Waals surface area contributed by atoms with Crippen LogP contribution in [0.3, 0.4) is 0 Å². The lowest BCUT2D eigenvalue weighted by atomic mass is 10.1. The van der Waals surface area contributed by atoms with Gasteiger partial charge in [0, 0.05) is 11.9 Å². The maximum Gasteiger partial charge on any atom is 0.475 e. The van der Waals surface area contributed by atoms with Gasteiger partial charge in [-0.2, -0.15) is 13.8 Å². The smallest absolute Gasteiger partial charge is 0.343 e. The van der Waals surface area contributed by atoms with E-state index in [9.17, 15) is 9.36 Å². The van der Waals surface area contributed by atoms with Gasteiger partial charge in [-0.25, -0.2) is 9.36 Å². The molecule has 3 heterocycles. The first-order valence-electron chi connectivity index (χ1n) is 10.9. The van der Waals surface area contributed by atoms with Crippen LogP contribution in [-0.2, 0) is 22.9 Å². The fourth-order valence-corrected chi connectivity index (χ4v) is 5.16. The number of alkyl halides is 2. The second-order valence-electron chi connectivity index (χ2n) is 8.04. The summed E-state index contributed by atoms with van der Waals surface area (Å²) in [6.07, 6.45) is 4.82.